The Balaban J connectivity index is 2.18. The van der Waals surface area contributed by atoms with Crippen LogP contribution in [0.4, 0.5) is 0 Å². The molecule has 3 N–H and O–H groups in total. The first-order valence-electron chi connectivity index (χ1n) is 8.22. The van der Waals surface area contributed by atoms with Crippen molar-refractivity contribution in [3.05, 3.63) is 0 Å². The lowest BCUT2D eigenvalue weighted by Gasteiger charge is -2.37. The van der Waals surface area contributed by atoms with Gasteiger partial charge in [-0.15, -0.1) is 0 Å². The molecule has 3 nitrogen and oxygen atoms in total. The molecule has 1 aliphatic carbocycles. The van der Waals surface area contributed by atoms with Gasteiger partial charge in [-0.1, -0.05) is 20.8 Å². The number of ether oxygens (including phenoxy) is 1. The summed E-state index contributed by atoms with van der Waals surface area (Å²) >= 11 is 0. The molecular formula is C17H36NO2+. The first kappa shape index (κ1) is 17.9. The summed E-state index contributed by atoms with van der Waals surface area (Å²) in [5.74, 6) is 0.821. The molecule has 3 heteroatoms. The van der Waals surface area contributed by atoms with Crippen molar-refractivity contribution in [2.75, 3.05) is 13.2 Å². The molecule has 0 spiro atoms. The lowest BCUT2D eigenvalue weighted by atomic mass is 9.72. The van der Waals surface area contributed by atoms with E-state index in [0.717, 1.165) is 25.3 Å². The third kappa shape index (κ3) is 7.05. The summed E-state index contributed by atoms with van der Waals surface area (Å²) in [5, 5.41) is 12.1. The molecule has 0 saturated heterocycles. The highest BCUT2D eigenvalue weighted by atomic mass is 16.5. The van der Waals surface area contributed by atoms with Crippen LogP contribution in [0.25, 0.3) is 0 Å². The monoisotopic (exact) mass is 286 g/mol. The number of rotatable bonds is 5. The molecule has 0 bridgehead atoms. The molecule has 1 aliphatic rings. The highest BCUT2D eigenvalue weighted by molar-refractivity contribution is 4.81. The van der Waals surface area contributed by atoms with Gasteiger partial charge in [0.25, 0.3) is 0 Å². The molecule has 0 aromatic carbocycles. The van der Waals surface area contributed by atoms with Gasteiger partial charge in [0, 0.05) is 0 Å². The first-order valence-corrected chi connectivity index (χ1v) is 8.22. The topological polar surface area (TPSA) is 46.1 Å². The Morgan fingerprint density at radius 2 is 1.60 bits per heavy atom. The van der Waals surface area contributed by atoms with E-state index >= 15 is 0 Å². The van der Waals surface area contributed by atoms with Crippen LogP contribution in [-0.4, -0.2) is 36.0 Å². The number of hydrogen-bond donors (Lipinski definition) is 2. The van der Waals surface area contributed by atoms with Crippen LogP contribution in [0.2, 0.25) is 0 Å². The minimum absolute atomic E-state index is 0.172. The fraction of sp³-hybridized carbons (Fsp3) is 1.00. The van der Waals surface area contributed by atoms with Gasteiger partial charge in [-0.3, -0.25) is 0 Å². The van der Waals surface area contributed by atoms with Crippen molar-refractivity contribution < 1.29 is 15.2 Å². The van der Waals surface area contributed by atoms with E-state index in [4.69, 9.17) is 4.74 Å². The Kier molecular flexibility index (Phi) is 6.49. The van der Waals surface area contributed by atoms with Gasteiger partial charge in [0.15, 0.2) is 0 Å². The molecule has 0 aliphatic heterocycles. The van der Waals surface area contributed by atoms with E-state index in [-0.39, 0.29) is 11.6 Å². The highest BCUT2D eigenvalue weighted by Gasteiger charge is 2.30. The van der Waals surface area contributed by atoms with Crippen LogP contribution in [0.1, 0.15) is 67.2 Å². The second-order valence-electron chi connectivity index (χ2n) is 8.63. The minimum atomic E-state index is -0.352. The summed E-state index contributed by atoms with van der Waals surface area (Å²) in [6.45, 7) is 14.7. The van der Waals surface area contributed by atoms with Crippen LogP contribution < -0.4 is 5.32 Å². The fourth-order valence-corrected chi connectivity index (χ4v) is 2.90. The number of nitrogens with two attached hydrogens (primary N) is 1. The Hall–Kier alpha value is -0.120. The molecule has 1 rings (SSSR count). The molecule has 120 valence electrons. The van der Waals surface area contributed by atoms with Crippen molar-refractivity contribution in [2.24, 2.45) is 11.3 Å². The quantitative estimate of drug-likeness (QED) is 0.815. The molecule has 20 heavy (non-hydrogen) atoms. The molecule has 1 atom stereocenters. The summed E-state index contributed by atoms with van der Waals surface area (Å²) in [6.07, 6.45) is 4.83. The van der Waals surface area contributed by atoms with Gasteiger partial charge in [-0.25, -0.2) is 0 Å². The van der Waals surface area contributed by atoms with Gasteiger partial charge in [0.05, 0.1) is 18.2 Å². The van der Waals surface area contributed by atoms with Crippen molar-refractivity contribution in [3.8, 4) is 0 Å². The lowest BCUT2D eigenvalue weighted by molar-refractivity contribution is -0.722. The van der Waals surface area contributed by atoms with Crippen LogP contribution in [0.15, 0.2) is 0 Å². The zero-order chi connectivity index (χ0) is 15.4. The number of quaternary nitrogens is 1. The normalized spacial score (nSPS) is 26.6. The van der Waals surface area contributed by atoms with E-state index < -0.39 is 0 Å². The number of aliphatic hydroxyl groups excluding tert-OH is 1. The van der Waals surface area contributed by atoms with Gasteiger partial charge < -0.3 is 15.2 Å². The van der Waals surface area contributed by atoms with E-state index in [0.29, 0.717) is 18.1 Å². The summed E-state index contributed by atoms with van der Waals surface area (Å²) < 4.78 is 5.90. The van der Waals surface area contributed by atoms with Crippen LogP contribution >= 0.6 is 0 Å². The molecule has 0 radical (unpaired) electrons. The van der Waals surface area contributed by atoms with Gasteiger partial charge >= 0.3 is 0 Å². The Labute approximate surface area is 125 Å². The highest BCUT2D eigenvalue weighted by Crippen LogP contribution is 2.38. The number of aliphatic hydroxyl groups is 1. The third-order valence-corrected chi connectivity index (χ3v) is 4.43. The average Bonchev–Trinajstić information content (AvgIpc) is 2.32. The largest absolute Gasteiger partial charge is 0.385 e. The summed E-state index contributed by atoms with van der Waals surface area (Å²) in [5.41, 5.74) is 0.595. The van der Waals surface area contributed by atoms with Gasteiger partial charge in [-0.05, 0) is 57.8 Å². The van der Waals surface area contributed by atoms with Crippen molar-refractivity contribution in [1.29, 1.82) is 0 Å². The molecular weight excluding hydrogens is 250 g/mol. The smallest absolute Gasteiger partial charge is 0.126 e. The van der Waals surface area contributed by atoms with Crippen molar-refractivity contribution in [2.45, 2.75) is 85.0 Å². The predicted molar refractivity (Wildman–Crippen MR) is 83.7 cm³/mol. The molecule has 1 saturated carbocycles. The summed E-state index contributed by atoms with van der Waals surface area (Å²) in [7, 11) is 0. The lowest BCUT2D eigenvalue weighted by Crippen LogP contribution is -2.96. The number of hydrogen-bond acceptors (Lipinski definition) is 2. The second kappa shape index (κ2) is 7.24. The molecule has 0 heterocycles. The first-order chi connectivity index (χ1) is 9.08. The minimum Gasteiger partial charge on any atom is -0.385 e. The maximum Gasteiger partial charge on any atom is 0.126 e. The van der Waals surface area contributed by atoms with E-state index in [1.54, 1.807) is 0 Å². The van der Waals surface area contributed by atoms with Crippen molar-refractivity contribution in [1.82, 2.24) is 0 Å². The van der Waals surface area contributed by atoms with Gasteiger partial charge in [0.2, 0.25) is 0 Å². The van der Waals surface area contributed by atoms with Crippen LogP contribution in [-0.2, 0) is 4.74 Å². The zero-order valence-corrected chi connectivity index (χ0v) is 14.4. The van der Waals surface area contributed by atoms with Crippen molar-refractivity contribution >= 4 is 0 Å². The van der Waals surface area contributed by atoms with Gasteiger partial charge in [0.1, 0.15) is 12.6 Å². The summed E-state index contributed by atoms with van der Waals surface area (Å²) in [4.78, 5) is 0. The average molecular weight is 286 g/mol. The zero-order valence-electron chi connectivity index (χ0n) is 14.4. The van der Waals surface area contributed by atoms with Crippen LogP contribution in [0.3, 0.4) is 0 Å². The predicted octanol–water partition coefficient (Wildman–Crippen LogP) is 2.33. The van der Waals surface area contributed by atoms with E-state index in [2.05, 4.69) is 46.9 Å². The molecule has 1 unspecified atom stereocenters. The van der Waals surface area contributed by atoms with E-state index in [9.17, 15) is 5.11 Å². The summed E-state index contributed by atoms with van der Waals surface area (Å²) in [6, 6.07) is 0. The second-order valence-corrected chi connectivity index (χ2v) is 8.63. The Bertz CT molecular complexity index is 270. The maximum absolute atomic E-state index is 9.97. The maximum atomic E-state index is 9.97. The molecule has 1 fully saturated rings. The molecule has 0 aromatic rings. The van der Waals surface area contributed by atoms with E-state index in [1.165, 1.54) is 12.8 Å². The SMILES string of the molecule is CC(C)(C)[NH2+]CC(O)COC1CCC(C(C)(C)C)CC1. The molecule has 0 aromatic heterocycles. The third-order valence-electron chi connectivity index (χ3n) is 4.43. The fourth-order valence-electron chi connectivity index (χ4n) is 2.90. The van der Waals surface area contributed by atoms with E-state index in [1.807, 2.05) is 0 Å². The van der Waals surface area contributed by atoms with Crippen LogP contribution in [0, 0.1) is 11.3 Å². The Morgan fingerprint density at radius 1 is 1.05 bits per heavy atom. The van der Waals surface area contributed by atoms with Crippen molar-refractivity contribution in [3.63, 3.8) is 0 Å². The van der Waals surface area contributed by atoms with Crippen LogP contribution in [0.5, 0.6) is 0 Å². The Morgan fingerprint density at radius 3 is 2.05 bits per heavy atom. The molecule has 0 amide bonds. The standard InChI is InChI=1S/C17H35NO2/c1-16(2,3)13-7-9-15(10-8-13)20-12-14(19)11-18-17(4,5)6/h13-15,18-19H,7-12H2,1-6H3/p+1. The van der Waals surface area contributed by atoms with Gasteiger partial charge in [-0.2, -0.15) is 0 Å².